The minimum Gasteiger partial charge on any atom is -0.488 e. The maximum Gasteiger partial charge on any atom is 0.370 e. The number of benzene rings is 1. The molecule has 2 aromatic heterocycles. The van der Waals surface area contributed by atoms with Gasteiger partial charge in [0.05, 0.1) is 6.93 Å². The predicted octanol–water partition coefficient (Wildman–Crippen LogP) is 1.60. The van der Waals surface area contributed by atoms with E-state index in [2.05, 4.69) is 31.5 Å². The normalized spacial score (nSPS) is 11.5. The zero-order valence-corrected chi connectivity index (χ0v) is 13.4. The van der Waals surface area contributed by atoms with Crippen LogP contribution in [0.25, 0.3) is 5.88 Å². The molecule has 114 valence electrons. The van der Waals surface area contributed by atoms with Crippen molar-refractivity contribution in [3.05, 3.63) is 50.5 Å². The molecule has 0 radical (unpaired) electrons. The van der Waals surface area contributed by atoms with Gasteiger partial charge < -0.3 is 9.26 Å². The molecular weight excluding hydrogens is 354 g/mol. The van der Waals surface area contributed by atoms with E-state index in [4.69, 9.17) is 10.6 Å². The lowest BCUT2D eigenvalue weighted by Gasteiger charge is -2.08. The Hall–Kier alpha value is -2.42. The summed E-state index contributed by atoms with van der Waals surface area (Å²) < 4.78 is 21.0. The van der Waals surface area contributed by atoms with Crippen molar-refractivity contribution in [3.63, 3.8) is 0 Å². The van der Waals surface area contributed by atoms with Crippen molar-refractivity contribution in [1.82, 2.24) is 24.9 Å². The molecule has 8 nitrogen and oxygen atoms in total. The fourth-order valence-corrected chi connectivity index (χ4v) is 2.18. The molecule has 22 heavy (non-hydrogen) atoms. The molecule has 0 N–H and O–H groups in total. The fourth-order valence-electron chi connectivity index (χ4n) is 1.82. The highest BCUT2D eigenvalue weighted by molar-refractivity contribution is 9.10. The Morgan fingerprint density at radius 1 is 1.45 bits per heavy atom. The molecule has 0 spiro atoms. The largest absolute Gasteiger partial charge is 0.488 e. The third kappa shape index (κ3) is 2.54. The summed E-state index contributed by atoms with van der Waals surface area (Å²) in [6, 6.07) is 5.46. The number of hydrogen-bond donors (Lipinski definition) is 0. The maximum atomic E-state index is 11.9. The van der Waals surface area contributed by atoms with Gasteiger partial charge in [-0.05, 0) is 44.9 Å². The minimum absolute atomic E-state index is 0.112. The van der Waals surface area contributed by atoms with Crippen LogP contribution in [0.2, 0.25) is 0 Å². The fraction of sp³-hybridized carbons (Fsp3) is 0.231. The second-order valence-electron chi connectivity index (χ2n) is 4.53. The van der Waals surface area contributed by atoms with E-state index in [1.807, 2.05) is 6.92 Å². The van der Waals surface area contributed by atoms with Crippen molar-refractivity contribution in [2.24, 2.45) is 7.05 Å². The van der Waals surface area contributed by atoms with Gasteiger partial charge in [-0.2, -0.15) is 4.68 Å². The van der Waals surface area contributed by atoms with E-state index in [9.17, 15) is 4.79 Å². The molecule has 0 aliphatic heterocycles. The van der Waals surface area contributed by atoms with E-state index in [-0.39, 0.29) is 12.5 Å². The number of hydrogen-bond acceptors (Lipinski definition) is 6. The summed E-state index contributed by atoms with van der Waals surface area (Å²) in [7, 11) is 1.49. The lowest BCUT2D eigenvalue weighted by molar-refractivity contribution is 0.300. The quantitative estimate of drug-likeness (QED) is 0.695. The standard InChI is InChI=1S/C13H12BrN5O3/c1-8-5-3-4-6-10(8)21-7-9-11(14)15-22-12(9)19-13(20)18(2)16-17-19/h3-6H,7H2,1-2H3/i3T. The van der Waals surface area contributed by atoms with Crippen LogP contribution in [0.15, 0.2) is 38.2 Å². The van der Waals surface area contributed by atoms with Crippen molar-refractivity contribution < 1.29 is 10.6 Å². The summed E-state index contributed by atoms with van der Waals surface area (Å²) >= 11 is 3.26. The van der Waals surface area contributed by atoms with E-state index in [1.165, 1.54) is 7.05 Å². The highest BCUT2D eigenvalue weighted by Gasteiger charge is 2.20. The third-order valence-corrected chi connectivity index (χ3v) is 3.65. The Bertz CT molecular complexity index is 917. The number of halogens is 1. The molecule has 0 saturated carbocycles. The molecule has 3 aromatic rings. The number of aryl methyl sites for hydroxylation is 2. The van der Waals surface area contributed by atoms with E-state index in [0.717, 1.165) is 14.9 Å². The summed E-state index contributed by atoms with van der Waals surface area (Å²) in [5.74, 6) is 0.774. The van der Waals surface area contributed by atoms with Gasteiger partial charge in [0, 0.05) is 7.05 Å². The maximum absolute atomic E-state index is 11.9. The number of rotatable bonds is 4. The van der Waals surface area contributed by atoms with Crippen molar-refractivity contribution in [3.8, 4) is 11.6 Å². The molecule has 0 amide bonds. The molecule has 1 aromatic carbocycles. The van der Waals surface area contributed by atoms with E-state index < -0.39 is 5.69 Å². The first-order valence-electron chi connectivity index (χ1n) is 6.81. The van der Waals surface area contributed by atoms with Gasteiger partial charge in [-0.1, -0.05) is 23.3 Å². The van der Waals surface area contributed by atoms with Crippen LogP contribution in [0.4, 0.5) is 0 Å². The zero-order valence-electron chi connectivity index (χ0n) is 12.8. The molecule has 0 unspecified atom stereocenters. The molecule has 0 aliphatic rings. The molecule has 0 atom stereocenters. The zero-order chi connectivity index (χ0) is 16.6. The number of tetrazole rings is 1. The number of ether oxygens (including phenoxy) is 1. The molecule has 9 heteroatoms. The number of nitrogens with zero attached hydrogens (tertiary/aromatic N) is 5. The van der Waals surface area contributed by atoms with Gasteiger partial charge in [0.25, 0.3) is 5.88 Å². The molecule has 2 heterocycles. The topological polar surface area (TPSA) is 88.0 Å². The van der Waals surface area contributed by atoms with Crippen LogP contribution in [0.3, 0.4) is 0 Å². The average Bonchev–Trinajstić information content (AvgIpc) is 3.02. The van der Waals surface area contributed by atoms with Crippen LogP contribution in [0.1, 0.15) is 12.5 Å². The van der Waals surface area contributed by atoms with Crippen LogP contribution >= 0.6 is 15.9 Å². The van der Waals surface area contributed by atoms with Gasteiger partial charge in [-0.25, -0.2) is 4.79 Å². The Morgan fingerprint density at radius 3 is 2.95 bits per heavy atom. The molecule has 0 fully saturated rings. The first-order valence-corrected chi connectivity index (χ1v) is 7.10. The Morgan fingerprint density at radius 2 is 2.27 bits per heavy atom. The van der Waals surface area contributed by atoms with Crippen LogP contribution in [-0.2, 0) is 13.7 Å². The molecule has 3 rings (SSSR count). The Kier molecular flexibility index (Phi) is 3.47. The minimum atomic E-state index is -0.454. The second-order valence-corrected chi connectivity index (χ2v) is 5.29. The summed E-state index contributed by atoms with van der Waals surface area (Å²) in [5, 5.41) is 11.2. The van der Waals surface area contributed by atoms with Gasteiger partial charge in [-0.15, -0.1) is 4.68 Å². The van der Waals surface area contributed by atoms with Gasteiger partial charge in [0.15, 0.2) is 4.60 Å². The highest BCUT2D eigenvalue weighted by atomic mass is 79.9. The summed E-state index contributed by atoms with van der Waals surface area (Å²) in [5.41, 5.74) is 0.912. The smallest absolute Gasteiger partial charge is 0.370 e. The lowest BCUT2D eigenvalue weighted by atomic mass is 10.2. The van der Waals surface area contributed by atoms with Crippen molar-refractivity contribution in [1.29, 1.82) is 0 Å². The second kappa shape index (κ2) is 5.76. The lowest BCUT2D eigenvalue weighted by Crippen LogP contribution is -2.22. The SMILES string of the molecule is [3H]c1ccc(OCc2c(Br)noc2-n2nnn(C)c2=O)c(C)c1. The van der Waals surface area contributed by atoms with Gasteiger partial charge >= 0.3 is 5.69 Å². The monoisotopic (exact) mass is 367 g/mol. The first kappa shape index (κ1) is 13.3. The van der Waals surface area contributed by atoms with Gasteiger partial charge in [-0.3, -0.25) is 0 Å². The average molecular weight is 368 g/mol. The molecular formula is C13H12BrN5O3. The highest BCUT2D eigenvalue weighted by Crippen LogP contribution is 2.25. The van der Waals surface area contributed by atoms with Crippen LogP contribution in [-0.4, -0.2) is 24.9 Å². The predicted molar refractivity (Wildman–Crippen MR) is 79.9 cm³/mol. The summed E-state index contributed by atoms with van der Waals surface area (Å²) in [6.45, 7) is 1.96. The van der Waals surface area contributed by atoms with E-state index in [0.29, 0.717) is 22.0 Å². The summed E-state index contributed by atoms with van der Waals surface area (Å²) in [4.78, 5) is 11.9. The number of aromatic nitrogens is 5. The third-order valence-electron chi connectivity index (χ3n) is 3.02. The summed E-state index contributed by atoms with van der Waals surface area (Å²) in [6.07, 6.45) is 0. The van der Waals surface area contributed by atoms with Crippen molar-refractivity contribution in [2.45, 2.75) is 13.5 Å². The molecule has 0 saturated heterocycles. The van der Waals surface area contributed by atoms with Crippen LogP contribution < -0.4 is 10.4 Å². The van der Waals surface area contributed by atoms with Gasteiger partial charge in [0.2, 0.25) is 0 Å². The van der Waals surface area contributed by atoms with Crippen LogP contribution in [0, 0.1) is 6.92 Å². The van der Waals surface area contributed by atoms with Crippen molar-refractivity contribution >= 4 is 15.9 Å². The van der Waals surface area contributed by atoms with Crippen LogP contribution in [0.5, 0.6) is 5.75 Å². The van der Waals surface area contributed by atoms with Crippen molar-refractivity contribution in [2.75, 3.05) is 0 Å². The van der Waals surface area contributed by atoms with E-state index >= 15 is 0 Å². The molecule has 0 bridgehead atoms. The Labute approximate surface area is 134 Å². The van der Waals surface area contributed by atoms with E-state index in [1.54, 1.807) is 18.2 Å². The molecule has 0 aliphatic carbocycles. The Balaban J connectivity index is 1.90. The first-order chi connectivity index (χ1) is 11.0. The number of para-hydroxylation sites is 1. The van der Waals surface area contributed by atoms with Gasteiger partial charge in [0.1, 0.15) is 12.4 Å².